The van der Waals surface area contributed by atoms with Gasteiger partial charge in [0.2, 0.25) is 0 Å². The first-order valence-corrected chi connectivity index (χ1v) is 8.03. The van der Waals surface area contributed by atoms with Gasteiger partial charge in [-0.25, -0.2) is 4.68 Å². The van der Waals surface area contributed by atoms with Gasteiger partial charge in [0.15, 0.2) is 0 Å². The van der Waals surface area contributed by atoms with Crippen molar-refractivity contribution in [2.75, 3.05) is 6.61 Å². The van der Waals surface area contributed by atoms with Crippen molar-refractivity contribution in [2.24, 2.45) is 0 Å². The Morgan fingerprint density at radius 2 is 1.96 bits per heavy atom. The summed E-state index contributed by atoms with van der Waals surface area (Å²) in [5.41, 5.74) is 0.351. The lowest BCUT2D eigenvalue weighted by atomic mass is 9.95. The monoisotopic (exact) mass is 329 g/mol. The van der Waals surface area contributed by atoms with E-state index in [2.05, 4.69) is 10.4 Å². The van der Waals surface area contributed by atoms with E-state index in [0.717, 1.165) is 5.56 Å². The number of carbonyl (C=O) groups is 1. The number of benzene rings is 1. The van der Waals surface area contributed by atoms with Gasteiger partial charge < -0.3 is 10.4 Å². The fourth-order valence-corrected chi connectivity index (χ4v) is 2.35. The molecule has 0 fully saturated rings. The number of rotatable bonds is 7. The van der Waals surface area contributed by atoms with Gasteiger partial charge in [0.1, 0.15) is 5.69 Å². The van der Waals surface area contributed by atoms with Crippen LogP contribution in [0.2, 0.25) is 0 Å². The topological polar surface area (TPSA) is 84.2 Å². The highest BCUT2D eigenvalue weighted by Crippen LogP contribution is 2.14. The van der Waals surface area contributed by atoms with Crippen molar-refractivity contribution < 1.29 is 9.90 Å². The summed E-state index contributed by atoms with van der Waals surface area (Å²) in [6, 6.07) is 12.2. The number of hydrogen-bond donors (Lipinski definition) is 2. The van der Waals surface area contributed by atoms with Crippen LogP contribution in [0.25, 0.3) is 0 Å². The molecule has 1 heterocycles. The smallest absolute Gasteiger partial charge is 0.272 e. The van der Waals surface area contributed by atoms with E-state index in [4.69, 9.17) is 5.11 Å². The number of aliphatic hydroxyl groups is 1. The van der Waals surface area contributed by atoms with Crippen LogP contribution in [0.1, 0.15) is 42.7 Å². The van der Waals surface area contributed by atoms with Crippen LogP contribution in [0.15, 0.2) is 47.3 Å². The van der Waals surface area contributed by atoms with Crippen LogP contribution >= 0.6 is 0 Å². The van der Waals surface area contributed by atoms with E-state index in [1.807, 2.05) is 44.2 Å². The van der Waals surface area contributed by atoms with Gasteiger partial charge in [-0.2, -0.15) is 5.10 Å². The lowest BCUT2D eigenvalue weighted by molar-refractivity contribution is 0.0878. The molecule has 1 amide bonds. The second kappa shape index (κ2) is 7.88. The molecule has 6 nitrogen and oxygen atoms in total. The minimum Gasteiger partial charge on any atom is -0.396 e. The molecule has 24 heavy (non-hydrogen) atoms. The largest absolute Gasteiger partial charge is 0.396 e. The van der Waals surface area contributed by atoms with Gasteiger partial charge in [-0.15, -0.1) is 0 Å². The third kappa shape index (κ3) is 4.52. The fourth-order valence-electron chi connectivity index (χ4n) is 2.35. The summed E-state index contributed by atoms with van der Waals surface area (Å²) in [6.07, 6.45) is 1.14. The zero-order chi connectivity index (χ0) is 17.6. The molecular formula is C18H23N3O3. The Morgan fingerprint density at radius 1 is 1.25 bits per heavy atom. The second-order valence-corrected chi connectivity index (χ2v) is 6.04. The van der Waals surface area contributed by atoms with Crippen LogP contribution in [0.4, 0.5) is 0 Å². The van der Waals surface area contributed by atoms with E-state index in [1.54, 1.807) is 0 Å². The predicted octanol–water partition coefficient (Wildman–Crippen LogP) is 1.57. The second-order valence-electron chi connectivity index (χ2n) is 6.04. The van der Waals surface area contributed by atoms with Crippen LogP contribution in [-0.4, -0.2) is 32.9 Å². The highest BCUT2D eigenvalue weighted by molar-refractivity contribution is 5.92. The molecule has 0 aliphatic carbocycles. The van der Waals surface area contributed by atoms with Crippen molar-refractivity contribution in [1.29, 1.82) is 0 Å². The third-order valence-electron chi connectivity index (χ3n) is 4.13. The Balaban J connectivity index is 2.21. The quantitative estimate of drug-likeness (QED) is 0.807. The molecule has 0 aliphatic heterocycles. The molecule has 0 saturated heterocycles. The Hall–Kier alpha value is -2.47. The van der Waals surface area contributed by atoms with Crippen molar-refractivity contribution in [3.63, 3.8) is 0 Å². The fraction of sp³-hybridized carbons (Fsp3) is 0.389. The van der Waals surface area contributed by atoms with Gasteiger partial charge in [0.25, 0.3) is 11.5 Å². The molecule has 6 heteroatoms. The maximum Gasteiger partial charge on any atom is 0.272 e. The number of nitrogens with one attached hydrogen (secondary N) is 1. The van der Waals surface area contributed by atoms with Crippen molar-refractivity contribution >= 4 is 5.91 Å². The molecule has 1 unspecified atom stereocenters. The summed E-state index contributed by atoms with van der Waals surface area (Å²) in [6.45, 7) is 4.12. The Kier molecular flexibility index (Phi) is 5.87. The summed E-state index contributed by atoms with van der Waals surface area (Å²) in [5.74, 6) is -0.352. The SMILES string of the molecule is CCC(C)(CCO)NC(=O)c1ccc(=O)n(Cc2ccccc2)n1. The maximum absolute atomic E-state index is 12.4. The minimum atomic E-state index is -0.506. The van der Waals surface area contributed by atoms with Gasteiger partial charge in [-0.05, 0) is 31.4 Å². The van der Waals surface area contributed by atoms with E-state index < -0.39 is 5.54 Å². The summed E-state index contributed by atoms with van der Waals surface area (Å²) in [5, 5.41) is 16.2. The number of carbonyl (C=O) groups excluding carboxylic acids is 1. The molecule has 128 valence electrons. The van der Waals surface area contributed by atoms with Gasteiger partial charge in [-0.3, -0.25) is 9.59 Å². The summed E-state index contributed by atoms with van der Waals surface area (Å²) < 4.78 is 1.28. The predicted molar refractivity (Wildman–Crippen MR) is 91.9 cm³/mol. The summed E-state index contributed by atoms with van der Waals surface area (Å²) >= 11 is 0. The number of hydrogen-bond acceptors (Lipinski definition) is 4. The Labute approximate surface area is 141 Å². The Morgan fingerprint density at radius 3 is 2.58 bits per heavy atom. The molecule has 1 aromatic heterocycles. The van der Waals surface area contributed by atoms with E-state index in [-0.39, 0.29) is 23.8 Å². The van der Waals surface area contributed by atoms with Crippen LogP contribution in [0, 0.1) is 0 Å². The minimum absolute atomic E-state index is 0.00838. The van der Waals surface area contributed by atoms with Crippen LogP contribution in [0.3, 0.4) is 0 Å². The molecule has 2 N–H and O–H groups in total. The van der Waals surface area contributed by atoms with Crippen molar-refractivity contribution in [3.8, 4) is 0 Å². The molecule has 2 rings (SSSR count). The summed E-state index contributed by atoms with van der Waals surface area (Å²) in [4.78, 5) is 24.4. The zero-order valence-electron chi connectivity index (χ0n) is 14.0. The van der Waals surface area contributed by atoms with Gasteiger partial charge in [0, 0.05) is 18.2 Å². The van der Waals surface area contributed by atoms with Crippen molar-refractivity contribution in [3.05, 3.63) is 64.1 Å². The van der Waals surface area contributed by atoms with Crippen LogP contribution in [0.5, 0.6) is 0 Å². The molecule has 0 radical (unpaired) electrons. The highest BCUT2D eigenvalue weighted by Gasteiger charge is 2.25. The maximum atomic E-state index is 12.4. The molecule has 0 spiro atoms. The molecule has 2 aromatic rings. The molecule has 0 saturated carbocycles. The van der Waals surface area contributed by atoms with Crippen molar-refractivity contribution in [2.45, 2.75) is 38.8 Å². The average molecular weight is 329 g/mol. The van der Waals surface area contributed by atoms with E-state index in [0.29, 0.717) is 19.4 Å². The molecule has 0 bridgehead atoms. The normalized spacial score (nSPS) is 13.3. The standard InChI is InChI=1S/C18H23N3O3/c1-3-18(2,11-12-22)19-17(24)15-9-10-16(23)21(20-15)13-14-7-5-4-6-8-14/h4-10,22H,3,11-13H2,1-2H3,(H,19,24). The lowest BCUT2D eigenvalue weighted by Crippen LogP contribution is -2.46. The Bertz CT molecular complexity index is 743. The molecule has 0 aliphatic rings. The van der Waals surface area contributed by atoms with E-state index in [9.17, 15) is 9.59 Å². The zero-order valence-corrected chi connectivity index (χ0v) is 14.0. The molecule has 1 aromatic carbocycles. The van der Waals surface area contributed by atoms with E-state index in [1.165, 1.54) is 16.8 Å². The number of nitrogens with zero attached hydrogens (tertiary/aromatic N) is 2. The summed E-state index contributed by atoms with van der Waals surface area (Å²) in [7, 11) is 0. The number of aromatic nitrogens is 2. The highest BCUT2D eigenvalue weighted by atomic mass is 16.3. The van der Waals surface area contributed by atoms with E-state index >= 15 is 0 Å². The lowest BCUT2D eigenvalue weighted by Gasteiger charge is -2.28. The van der Waals surface area contributed by atoms with Gasteiger partial charge in [0.05, 0.1) is 6.54 Å². The molecular weight excluding hydrogens is 306 g/mol. The van der Waals surface area contributed by atoms with Crippen molar-refractivity contribution in [1.82, 2.24) is 15.1 Å². The number of aliphatic hydroxyl groups excluding tert-OH is 1. The van der Waals surface area contributed by atoms with Crippen LogP contribution < -0.4 is 10.9 Å². The van der Waals surface area contributed by atoms with Gasteiger partial charge in [-0.1, -0.05) is 37.3 Å². The van der Waals surface area contributed by atoms with Crippen LogP contribution in [-0.2, 0) is 6.54 Å². The molecule has 1 atom stereocenters. The first kappa shape index (κ1) is 17.9. The number of amides is 1. The van der Waals surface area contributed by atoms with Gasteiger partial charge >= 0.3 is 0 Å². The first-order valence-electron chi connectivity index (χ1n) is 8.03. The average Bonchev–Trinajstić information content (AvgIpc) is 2.58. The first-order chi connectivity index (χ1) is 11.5. The third-order valence-corrected chi connectivity index (χ3v) is 4.13.